The summed E-state index contributed by atoms with van der Waals surface area (Å²) in [5.41, 5.74) is 2.46. The minimum atomic E-state index is 0. The molecule has 0 spiro atoms. The molecule has 1 aliphatic heterocycles. The lowest BCUT2D eigenvalue weighted by Crippen LogP contribution is -2.38. The largest absolute Gasteiger partial charge is 0.378 e. The Hall–Kier alpha value is -1.87. The highest BCUT2D eigenvalue weighted by molar-refractivity contribution is 14.0. The summed E-state index contributed by atoms with van der Waals surface area (Å²) >= 11 is 0. The van der Waals surface area contributed by atoms with Crippen molar-refractivity contribution < 1.29 is 4.74 Å². The number of halogens is 1. The van der Waals surface area contributed by atoms with Crippen molar-refractivity contribution in [2.24, 2.45) is 4.99 Å². The molecule has 2 N–H and O–H groups in total. The van der Waals surface area contributed by atoms with E-state index in [1.807, 2.05) is 18.3 Å². The second kappa shape index (κ2) is 12.6. The van der Waals surface area contributed by atoms with E-state index < -0.39 is 0 Å². The van der Waals surface area contributed by atoms with E-state index in [-0.39, 0.29) is 24.0 Å². The Morgan fingerprint density at radius 2 is 1.89 bits per heavy atom. The third-order valence-corrected chi connectivity index (χ3v) is 4.48. The molecule has 0 aliphatic carbocycles. The molecule has 1 aromatic heterocycles. The van der Waals surface area contributed by atoms with Gasteiger partial charge in [0.2, 0.25) is 0 Å². The first-order chi connectivity index (χ1) is 13.4. The van der Waals surface area contributed by atoms with Crippen molar-refractivity contribution in [3.05, 3.63) is 59.8 Å². The molecule has 1 aromatic carbocycles. The van der Waals surface area contributed by atoms with Crippen LogP contribution in [-0.2, 0) is 17.7 Å². The normalized spacial score (nSPS) is 14.3. The molecular formula is C21H30IN5O. The zero-order chi connectivity index (χ0) is 18.7. The first-order valence-electron chi connectivity index (χ1n) is 9.69. The van der Waals surface area contributed by atoms with Gasteiger partial charge in [-0.05, 0) is 25.0 Å². The van der Waals surface area contributed by atoms with Crippen molar-refractivity contribution in [1.82, 2.24) is 15.6 Å². The summed E-state index contributed by atoms with van der Waals surface area (Å²) in [6.45, 7) is 7.62. The molecule has 0 atom stereocenters. The SMILES string of the molecule is CCNC(=NCc1cccnc1N1CCOCC1)NCCc1ccccc1.I. The monoisotopic (exact) mass is 495 g/mol. The van der Waals surface area contributed by atoms with Crippen molar-refractivity contribution in [3.63, 3.8) is 0 Å². The van der Waals surface area contributed by atoms with Crippen LogP contribution in [0.25, 0.3) is 0 Å². The number of rotatable bonds is 7. The fourth-order valence-corrected chi connectivity index (χ4v) is 3.09. The molecule has 6 nitrogen and oxygen atoms in total. The van der Waals surface area contributed by atoms with Crippen LogP contribution in [0, 0.1) is 0 Å². The fourth-order valence-electron chi connectivity index (χ4n) is 3.09. The van der Waals surface area contributed by atoms with Crippen molar-refractivity contribution in [2.45, 2.75) is 19.9 Å². The predicted octanol–water partition coefficient (Wildman–Crippen LogP) is 2.83. The van der Waals surface area contributed by atoms with E-state index in [0.29, 0.717) is 6.54 Å². The molecule has 0 amide bonds. The third kappa shape index (κ3) is 6.94. The lowest BCUT2D eigenvalue weighted by molar-refractivity contribution is 0.122. The minimum Gasteiger partial charge on any atom is -0.378 e. The summed E-state index contributed by atoms with van der Waals surface area (Å²) < 4.78 is 5.45. The summed E-state index contributed by atoms with van der Waals surface area (Å²) in [6.07, 6.45) is 2.82. The van der Waals surface area contributed by atoms with Crippen molar-refractivity contribution in [3.8, 4) is 0 Å². The van der Waals surface area contributed by atoms with Gasteiger partial charge < -0.3 is 20.3 Å². The Kier molecular flexibility index (Phi) is 10.1. The van der Waals surface area contributed by atoms with E-state index in [4.69, 9.17) is 9.73 Å². The second-order valence-electron chi connectivity index (χ2n) is 6.44. The molecule has 2 heterocycles. The average molecular weight is 495 g/mol. The van der Waals surface area contributed by atoms with Crippen LogP contribution in [0.4, 0.5) is 5.82 Å². The van der Waals surface area contributed by atoms with Crippen LogP contribution in [-0.4, -0.2) is 50.3 Å². The van der Waals surface area contributed by atoms with Crippen LogP contribution in [0.2, 0.25) is 0 Å². The molecule has 0 unspecified atom stereocenters. The molecule has 3 rings (SSSR count). The number of aromatic nitrogens is 1. The van der Waals surface area contributed by atoms with Crippen LogP contribution in [0.1, 0.15) is 18.1 Å². The van der Waals surface area contributed by atoms with E-state index >= 15 is 0 Å². The van der Waals surface area contributed by atoms with E-state index in [0.717, 1.165) is 63.2 Å². The minimum absolute atomic E-state index is 0. The number of benzene rings is 1. The first-order valence-corrected chi connectivity index (χ1v) is 9.69. The van der Waals surface area contributed by atoms with Crippen LogP contribution in [0.3, 0.4) is 0 Å². The Labute approximate surface area is 184 Å². The summed E-state index contributed by atoms with van der Waals surface area (Å²) in [5, 5.41) is 6.75. The first kappa shape index (κ1) is 22.4. The van der Waals surface area contributed by atoms with Crippen LogP contribution in [0.15, 0.2) is 53.7 Å². The number of nitrogens with one attached hydrogen (secondary N) is 2. The number of nitrogens with zero attached hydrogens (tertiary/aromatic N) is 3. The maximum absolute atomic E-state index is 5.45. The molecule has 2 aromatic rings. The van der Waals surface area contributed by atoms with E-state index in [2.05, 4.69) is 57.8 Å². The number of anilines is 1. The Balaban J connectivity index is 0.00000280. The van der Waals surface area contributed by atoms with Gasteiger partial charge in [-0.3, -0.25) is 0 Å². The molecule has 0 bridgehead atoms. The van der Waals surface area contributed by atoms with E-state index in [1.165, 1.54) is 5.56 Å². The van der Waals surface area contributed by atoms with Gasteiger partial charge in [0.15, 0.2) is 5.96 Å². The lowest BCUT2D eigenvalue weighted by atomic mass is 10.1. The standard InChI is InChI=1S/C21H29N5O.HI/c1-2-22-21(24-12-10-18-7-4-3-5-8-18)25-17-19-9-6-11-23-20(19)26-13-15-27-16-14-26;/h3-9,11H,2,10,12-17H2,1H3,(H2,22,24,25);1H. The topological polar surface area (TPSA) is 61.8 Å². The molecule has 7 heteroatoms. The molecular weight excluding hydrogens is 465 g/mol. The fraction of sp³-hybridized carbons (Fsp3) is 0.429. The molecule has 0 saturated carbocycles. The summed E-state index contributed by atoms with van der Waals surface area (Å²) in [6, 6.07) is 14.6. The predicted molar refractivity (Wildman–Crippen MR) is 126 cm³/mol. The van der Waals surface area contributed by atoms with Gasteiger partial charge in [0, 0.05) is 37.9 Å². The molecule has 1 fully saturated rings. The Bertz CT molecular complexity index is 720. The van der Waals surface area contributed by atoms with Gasteiger partial charge in [0.25, 0.3) is 0 Å². The van der Waals surface area contributed by atoms with E-state index in [9.17, 15) is 0 Å². The Morgan fingerprint density at radius 1 is 1.11 bits per heavy atom. The van der Waals surface area contributed by atoms with Crippen LogP contribution < -0.4 is 15.5 Å². The average Bonchev–Trinajstić information content (AvgIpc) is 2.74. The lowest BCUT2D eigenvalue weighted by Gasteiger charge is -2.29. The molecule has 152 valence electrons. The quantitative estimate of drug-likeness (QED) is 0.352. The van der Waals surface area contributed by atoms with Gasteiger partial charge in [-0.15, -0.1) is 24.0 Å². The zero-order valence-electron chi connectivity index (χ0n) is 16.4. The van der Waals surface area contributed by atoms with Gasteiger partial charge in [0.05, 0.1) is 19.8 Å². The number of guanidine groups is 1. The van der Waals surface area contributed by atoms with Crippen LogP contribution >= 0.6 is 24.0 Å². The molecule has 28 heavy (non-hydrogen) atoms. The number of morpholine rings is 1. The maximum Gasteiger partial charge on any atom is 0.191 e. The highest BCUT2D eigenvalue weighted by atomic mass is 127. The molecule has 1 saturated heterocycles. The van der Waals surface area contributed by atoms with E-state index in [1.54, 1.807) is 0 Å². The summed E-state index contributed by atoms with van der Waals surface area (Å²) in [4.78, 5) is 11.6. The van der Waals surface area contributed by atoms with Crippen molar-refractivity contribution in [1.29, 1.82) is 0 Å². The molecule has 0 radical (unpaired) electrons. The maximum atomic E-state index is 5.45. The second-order valence-corrected chi connectivity index (χ2v) is 6.44. The van der Waals surface area contributed by atoms with Crippen molar-refractivity contribution in [2.75, 3.05) is 44.3 Å². The number of hydrogen-bond donors (Lipinski definition) is 2. The number of aliphatic imine (C=N–C) groups is 1. The van der Waals surface area contributed by atoms with Gasteiger partial charge in [-0.25, -0.2) is 9.98 Å². The highest BCUT2D eigenvalue weighted by Crippen LogP contribution is 2.19. The number of hydrogen-bond acceptors (Lipinski definition) is 4. The van der Waals surface area contributed by atoms with Gasteiger partial charge in [0.1, 0.15) is 5.82 Å². The van der Waals surface area contributed by atoms with Gasteiger partial charge >= 0.3 is 0 Å². The smallest absolute Gasteiger partial charge is 0.191 e. The zero-order valence-corrected chi connectivity index (χ0v) is 18.8. The van der Waals surface area contributed by atoms with Crippen LogP contribution in [0.5, 0.6) is 0 Å². The third-order valence-electron chi connectivity index (χ3n) is 4.48. The van der Waals surface area contributed by atoms with Gasteiger partial charge in [-0.2, -0.15) is 0 Å². The summed E-state index contributed by atoms with van der Waals surface area (Å²) in [7, 11) is 0. The van der Waals surface area contributed by atoms with Gasteiger partial charge in [-0.1, -0.05) is 36.4 Å². The number of pyridine rings is 1. The van der Waals surface area contributed by atoms with Crippen molar-refractivity contribution >= 4 is 35.8 Å². The summed E-state index contributed by atoms with van der Waals surface area (Å²) in [5.74, 6) is 1.86. The molecule has 1 aliphatic rings. The number of ether oxygens (including phenoxy) is 1. The Morgan fingerprint density at radius 3 is 2.64 bits per heavy atom. The highest BCUT2D eigenvalue weighted by Gasteiger charge is 2.15.